The van der Waals surface area contributed by atoms with Gasteiger partial charge in [-0.3, -0.25) is 0 Å². The van der Waals surface area contributed by atoms with Crippen LogP contribution in [0.3, 0.4) is 0 Å². The van der Waals surface area contributed by atoms with Gasteiger partial charge in [0, 0.05) is 0 Å². The summed E-state index contributed by atoms with van der Waals surface area (Å²) >= 11 is 0. The molecule has 0 radical (unpaired) electrons. The van der Waals surface area contributed by atoms with E-state index in [-0.39, 0.29) is 40.0 Å². The molecular formula is C10H13BrMg. The number of hydrogen-bond donors (Lipinski definition) is 0. The monoisotopic (exact) mass is 236 g/mol. The van der Waals surface area contributed by atoms with Crippen molar-refractivity contribution in [1.82, 2.24) is 0 Å². The molecule has 0 atom stereocenters. The second-order valence-electron chi connectivity index (χ2n) is 2.46. The topological polar surface area (TPSA) is 0 Å². The summed E-state index contributed by atoms with van der Waals surface area (Å²) in [7, 11) is 0. The minimum Gasteiger partial charge on any atom is -1.00 e. The molecule has 0 heterocycles. The van der Waals surface area contributed by atoms with Crippen molar-refractivity contribution >= 4 is 23.1 Å². The molecule has 0 aliphatic rings. The van der Waals surface area contributed by atoms with Gasteiger partial charge in [-0.1, -0.05) is 26.7 Å². The number of aryl methyl sites for hydroxylation is 2. The van der Waals surface area contributed by atoms with E-state index in [0.29, 0.717) is 0 Å². The quantitative estimate of drug-likeness (QED) is 0.468. The molecule has 0 saturated carbocycles. The van der Waals surface area contributed by atoms with Crippen LogP contribution in [-0.4, -0.2) is 23.1 Å². The summed E-state index contributed by atoms with van der Waals surface area (Å²) < 4.78 is 0. The smallest absolute Gasteiger partial charge is 1.00 e. The van der Waals surface area contributed by atoms with Crippen LogP contribution >= 0.6 is 0 Å². The van der Waals surface area contributed by atoms with Gasteiger partial charge in [0.25, 0.3) is 0 Å². The van der Waals surface area contributed by atoms with Gasteiger partial charge < -0.3 is 17.0 Å². The molecule has 62 valence electrons. The minimum absolute atomic E-state index is 0. The fourth-order valence-corrected chi connectivity index (χ4v) is 0.985. The van der Waals surface area contributed by atoms with Gasteiger partial charge in [0.1, 0.15) is 0 Å². The Balaban J connectivity index is 0. The maximum atomic E-state index is 3.13. The van der Waals surface area contributed by atoms with Crippen LogP contribution in [-0.2, 0) is 12.8 Å². The van der Waals surface area contributed by atoms with Crippen LogP contribution in [0.25, 0.3) is 0 Å². The van der Waals surface area contributed by atoms with Crippen LogP contribution in [0.15, 0.2) is 18.2 Å². The van der Waals surface area contributed by atoms with E-state index in [1.165, 1.54) is 11.1 Å². The Hall–Kier alpha value is 0.466. The van der Waals surface area contributed by atoms with Crippen molar-refractivity contribution < 1.29 is 17.0 Å². The normalized spacial score (nSPS) is 8.17. The fourth-order valence-electron chi connectivity index (χ4n) is 0.985. The third kappa shape index (κ3) is 4.48. The summed E-state index contributed by atoms with van der Waals surface area (Å²) in [6.07, 6.45) is 2.23. The average Bonchev–Trinajstić information content (AvgIpc) is 2.05. The summed E-state index contributed by atoms with van der Waals surface area (Å²) in [5, 5.41) is 0. The van der Waals surface area contributed by atoms with Gasteiger partial charge in [0.2, 0.25) is 0 Å². The third-order valence-corrected chi connectivity index (χ3v) is 1.72. The summed E-state index contributed by atoms with van der Waals surface area (Å²) in [5.74, 6) is 0. The Morgan fingerprint density at radius 1 is 1.08 bits per heavy atom. The Bertz CT molecular complexity index is 191. The van der Waals surface area contributed by atoms with E-state index in [0.717, 1.165) is 12.8 Å². The number of halogens is 1. The second-order valence-corrected chi connectivity index (χ2v) is 2.46. The van der Waals surface area contributed by atoms with E-state index in [9.17, 15) is 0 Å². The van der Waals surface area contributed by atoms with Gasteiger partial charge >= 0.3 is 23.1 Å². The molecule has 12 heavy (non-hydrogen) atoms. The maximum Gasteiger partial charge on any atom is 2.00 e. The fraction of sp³-hybridized carbons (Fsp3) is 0.400. The number of benzene rings is 1. The molecule has 1 aromatic rings. The Labute approximate surface area is 102 Å². The summed E-state index contributed by atoms with van der Waals surface area (Å²) in [6.45, 7) is 4.34. The zero-order chi connectivity index (χ0) is 7.40. The Morgan fingerprint density at radius 2 is 1.50 bits per heavy atom. The van der Waals surface area contributed by atoms with E-state index in [2.05, 4.69) is 38.1 Å². The summed E-state index contributed by atoms with van der Waals surface area (Å²) in [6, 6.07) is 9.49. The van der Waals surface area contributed by atoms with Crippen molar-refractivity contribution in [3.63, 3.8) is 0 Å². The van der Waals surface area contributed by atoms with Gasteiger partial charge in [-0.25, -0.2) is 0 Å². The molecule has 0 fully saturated rings. The van der Waals surface area contributed by atoms with Crippen molar-refractivity contribution in [3.8, 4) is 0 Å². The van der Waals surface area contributed by atoms with Crippen LogP contribution in [0.1, 0.15) is 25.0 Å². The third-order valence-electron chi connectivity index (χ3n) is 1.72. The molecule has 0 aromatic heterocycles. The predicted molar refractivity (Wildman–Crippen MR) is 49.8 cm³/mol. The first-order valence-electron chi connectivity index (χ1n) is 3.85. The van der Waals surface area contributed by atoms with Crippen molar-refractivity contribution in [2.75, 3.05) is 0 Å². The molecule has 0 nitrogen and oxygen atoms in total. The Kier molecular flexibility index (Phi) is 10.1. The molecule has 0 bridgehead atoms. The van der Waals surface area contributed by atoms with E-state index < -0.39 is 0 Å². The first-order chi connectivity index (χ1) is 4.86. The van der Waals surface area contributed by atoms with Crippen molar-refractivity contribution in [2.45, 2.75) is 26.7 Å². The number of hydrogen-bond acceptors (Lipinski definition) is 0. The molecule has 1 rings (SSSR count). The summed E-state index contributed by atoms with van der Waals surface area (Å²) in [5.41, 5.74) is 2.78. The molecule has 0 amide bonds. The van der Waals surface area contributed by atoms with E-state index in [1.54, 1.807) is 0 Å². The second kappa shape index (κ2) is 8.08. The van der Waals surface area contributed by atoms with Crippen LogP contribution < -0.4 is 17.0 Å². The van der Waals surface area contributed by atoms with E-state index >= 15 is 0 Å². The van der Waals surface area contributed by atoms with Crippen molar-refractivity contribution in [2.24, 2.45) is 0 Å². The van der Waals surface area contributed by atoms with Gasteiger partial charge in [-0.05, 0) is 0 Å². The van der Waals surface area contributed by atoms with Gasteiger partial charge in [0.15, 0.2) is 0 Å². The maximum absolute atomic E-state index is 3.13. The Morgan fingerprint density at radius 3 is 1.83 bits per heavy atom. The SMILES string of the molecule is CCc1c[c-]cc(CC)c1.[Br-].[Mg+2]. The van der Waals surface area contributed by atoms with Crippen LogP contribution in [0, 0.1) is 6.07 Å². The van der Waals surface area contributed by atoms with E-state index in [1.807, 2.05) is 0 Å². The van der Waals surface area contributed by atoms with Gasteiger partial charge in [-0.15, -0.1) is 0 Å². The largest absolute Gasteiger partial charge is 2.00 e. The van der Waals surface area contributed by atoms with E-state index in [4.69, 9.17) is 0 Å². The van der Waals surface area contributed by atoms with Crippen LogP contribution in [0.2, 0.25) is 0 Å². The zero-order valence-corrected chi connectivity index (χ0v) is 10.7. The summed E-state index contributed by atoms with van der Waals surface area (Å²) in [4.78, 5) is 0. The van der Waals surface area contributed by atoms with Crippen LogP contribution in [0.4, 0.5) is 0 Å². The molecule has 0 unspecified atom stereocenters. The molecule has 0 saturated heterocycles. The first kappa shape index (κ1) is 15.0. The molecule has 0 N–H and O–H groups in total. The molecule has 0 spiro atoms. The first-order valence-corrected chi connectivity index (χ1v) is 3.85. The van der Waals surface area contributed by atoms with Gasteiger partial charge in [0.05, 0.1) is 0 Å². The molecule has 2 heteroatoms. The van der Waals surface area contributed by atoms with Crippen molar-refractivity contribution in [1.29, 1.82) is 0 Å². The standard InChI is InChI=1S/C10H13.BrH.Mg/c1-3-9-6-5-7-10(4-2)8-9;;/h6-8H,3-4H2,1-2H3;1H;/q-1;;+2/p-1. The van der Waals surface area contributed by atoms with Gasteiger partial charge in [-0.2, -0.15) is 35.4 Å². The molecular weight excluding hydrogens is 224 g/mol. The molecule has 0 aliphatic heterocycles. The molecule has 1 aromatic carbocycles. The van der Waals surface area contributed by atoms with Crippen molar-refractivity contribution in [3.05, 3.63) is 35.4 Å². The minimum atomic E-state index is 0. The number of rotatable bonds is 2. The predicted octanol–water partition coefficient (Wildman–Crippen LogP) is -0.765. The molecule has 0 aliphatic carbocycles. The average molecular weight is 237 g/mol. The zero-order valence-electron chi connectivity index (χ0n) is 7.73. The van der Waals surface area contributed by atoms with Crippen LogP contribution in [0.5, 0.6) is 0 Å².